The zero-order chi connectivity index (χ0) is 13.3. The molecule has 0 aromatic carbocycles. The van der Waals surface area contributed by atoms with Crippen molar-refractivity contribution >= 4 is 33.7 Å². The van der Waals surface area contributed by atoms with E-state index in [0.29, 0.717) is 6.42 Å². The van der Waals surface area contributed by atoms with Crippen LogP contribution in [-0.4, -0.2) is 31.4 Å². The van der Waals surface area contributed by atoms with Crippen molar-refractivity contribution in [2.45, 2.75) is 37.4 Å². The van der Waals surface area contributed by atoms with Gasteiger partial charge in [0.05, 0.1) is 15.9 Å². The molecule has 0 amide bonds. The van der Waals surface area contributed by atoms with Crippen LogP contribution in [0.4, 0.5) is 0 Å². The lowest BCUT2D eigenvalue weighted by molar-refractivity contribution is -0.139. The molecule has 2 rings (SSSR count). The Hall–Kier alpha value is -0.490. The van der Waals surface area contributed by atoms with Gasteiger partial charge in [0.15, 0.2) is 0 Å². The van der Waals surface area contributed by atoms with Crippen molar-refractivity contribution in [3.63, 3.8) is 0 Å². The van der Waals surface area contributed by atoms with Gasteiger partial charge >= 0.3 is 5.97 Å². The number of nitrogens with zero attached hydrogens (tertiary/aromatic N) is 2. The molecule has 4 nitrogen and oxygen atoms in total. The molecule has 100 valence electrons. The monoisotopic (exact) mass is 332 g/mol. The van der Waals surface area contributed by atoms with Crippen molar-refractivity contribution < 1.29 is 9.90 Å². The van der Waals surface area contributed by atoms with E-state index < -0.39 is 10.7 Å². The molecule has 0 radical (unpaired) electrons. The van der Waals surface area contributed by atoms with Crippen LogP contribution in [0, 0.1) is 0 Å². The molecule has 1 N–H and O–H groups in total. The predicted molar refractivity (Wildman–Crippen MR) is 76.0 cm³/mol. The first-order valence-corrected chi connectivity index (χ1v) is 7.85. The molecule has 0 bridgehead atoms. The number of aryl methyl sites for hydroxylation is 2. The number of rotatable bonds is 4. The van der Waals surface area contributed by atoms with Gasteiger partial charge in [-0.15, -0.1) is 11.8 Å². The summed E-state index contributed by atoms with van der Waals surface area (Å²) in [6.45, 7) is 2.05. The molecule has 0 saturated carbocycles. The second-order valence-electron chi connectivity index (χ2n) is 4.61. The number of halogens is 1. The maximum absolute atomic E-state index is 11.6. The highest BCUT2D eigenvalue weighted by atomic mass is 79.9. The van der Waals surface area contributed by atoms with E-state index in [2.05, 4.69) is 21.0 Å². The minimum atomic E-state index is -0.698. The van der Waals surface area contributed by atoms with Crippen LogP contribution in [0.2, 0.25) is 0 Å². The summed E-state index contributed by atoms with van der Waals surface area (Å²) in [5.74, 6) is 0.235. The van der Waals surface area contributed by atoms with Crippen molar-refractivity contribution in [1.82, 2.24) is 9.78 Å². The van der Waals surface area contributed by atoms with Gasteiger partial charge in [-0.25, -0.2) is 0 Å². The van der Waals surface area contributed by atoms with Crippen LogP contribution in [0.5, 0.6) is 0 Å². The number of carboxylic acid groups (broad SMARTS) is 1. The molecule has 6 heteroatoms. The second kappa shape index (κ2) is 5.25. The van der Waals surface area contributed by atoms with E-state index in [-0.39, 0.29) is 0 Å². The standard InChI is InChI=1S/C12H17BrN2O2S/c1-3-8-10(13)9(15(2)14-8)7-12(11(16)17)5-4-6-18-12/h3-7H2,1-2H3,(H,16,17). The maximum atomic E-state index is 11.6. The van der Waals surface area contributed by atoms with E-state index >= 15 is 0 Å². The Kier molecular flexibility index (Phi) is 4.06. The van der Waals surface area contributed by atoms with Crippen LogP contribution in [0.25, 0.3) is 0 Å². The second-order valence-corrected chi connectivity index (χ2v) is 6.88. The van der Waals surface area contributed by atoms with Crippen molar-refractivity contribution in [3.8, 4) is 0 Å². The number of aliphatic carboxylic acids is 1. The summed E-state index contributed by atoms with van der Waals surface area (Å²) < 4.78 is 2.12. The fourth-order valence-corrected chi connectivity index (χ4v) is 4.45. The van der Waals surface area contributed by atoms with Crippen LogP contribution >= 0.6 is 27.7 Å². The molecule has 1 aliphatic heterocycles. The molecule has 1 unspecified atom stereocenters. The average molecular weight is 333 g/mol. The Morgan fingerprint density at radius 3 is 2.83 bits per heavy atom. The Morgan fingerprint density at radius 2 is 2.39 bits per heavy atom. The SMILES string of the molecule is CCc1nn(C)c(CC2(C(=O)O)CCCS2)c1Br. The number of hydrogen-bond acceptors (Lipinski definition) is 3. The molecular weight excluding hydrogens is 316 g/mol. The summed E-state index contributed by atoms with van der Waals surface area (Å²) >= 11 is 5.12. The Labute approximate surface area is 119 Å². The van der Waals surface area contributed by atoms with Gasteiger partial charge in [-0.05, 0) is 40.9 Å². The Balaban J connectivity index is 2.33. The van der Waals surface area contributed by atoms with Gasteiger partial charge in [-0.3, -0.25) is 9.48 Å². The van der Waals surface area contributed by atoms with Crippen molar-refractivity contribution in [2.24, 2.45) is 7.05 Å². The van der Waals surface area contributed by atoms with Crippen LogP contribution in [0.3, 0.4) is 0 Å². The van der Waals surface area contributed by atoms with Crippen LogP contribution in [0.15, 0.2) is 4.47 Å². The number of aromatic nitrogens is 2. The number of carbonyl (C=O) groups is 1. The minimum Gasteiger partial charge on any atom is -0.480 e. The lowest BCUT2D eigenvalue weighted by atomic mass is 9.97. The molecule has 1 aromatic heterocycles. The Morgan fingerprint density at radius 1 is 1.67 bits per heavy atom. The van der Waals surface area contributed by atoms with E-state index in [1.54, 1.807) is 11.8 Å². The normalized spacial score (nSPS) is 23.5. The van der Waals surface area contributed by atoms with Crippen LogP contribution in [-0.2, 0) is 24.7 Å². The van der Waals surface area contributed by atoms with Gasteiger partial charge in [0, 0.05) is 13.5 Å². The van der Waals surface area contributed by atoms with E-state index in [1.165, 1.54) is 0 Å². The topological polar surface area (TPSA) is 55.1 Å². The fraction of sp³-hybridized carbons (Fsp3) is 0.667. The summed E-state index contributed by atoms with van der Waals surface area (Å²) in [6.07, 6.45) is 3.11. The summed E-state index contributed by atoms with van der Waals surface area (Å²) in [5, 5.41) is 13.9. The van der Waals surface area contributed by atoms with Crippen molar-refractivity contribution in [2.75, 3.05) is 5.75 Å². The predicted octanol–water partition coefficient (Wildman–Crippen LogP) is 2.64. The van der Waals surface area contributed by atoms with E-state index in [4.69, 9.17) is 0 Å². The van der Waals surface area contributed by atoms with Gasteiger partial charge in [0.25, 0.3) is 0 Å². The third kappa shape index (κ3) is 2.32. The number of carboxylic acids is 1. The van der Waals surface area contributed by atoms with Crippen LogP contribution in [0.1, 0.15) is 31.2 Å². The molecule has 1 aliphatic rings. The average Bonchev–Trinajstić information content (AvgIpc) is 2.90. The van der Waals surface area contributed by atoms with Gasteiger partial charge < -0.3 is 5.11 Å². The summed E-state index contributed by atoms with van der Waals surface area (Å²) in [6, 6.07) is 0. The summed E-state index contributed by atoms with van der Waals surface area (Å²) in [7, 11) is 1.88. The summed E-state index contributed by atoms with van der Waals surface area (Å²) in [5.41, 5.74) is 1.99. The van der Waals surface area contributed by atoms with Gasteiger partial charge in [-0.1, -0.05) is 6.92 Å². The van der Waals surface area contributed by atoms with Crippen molar-refractivity contribution in [1.29, 1.82) is 0 Å². The molecular formula is C12H17BrN2O2S. The summed E-state index contributed by atoms with van der Waals surface area (Å²) in [4.78, 5) is 11.6. The highest BCUT2D eigenvalue weighted by molar-refractivity contribution is 9.10. The molecule has 1 fully saturated rings. The van der Waals surface area contributed by atoms with E-state index in [0.717, 1.165) is 40.9 Å². The molecule has 1 aromatic rings. The molecule has 2 heterocycles. The van der Waals surface area contributed by atoms with E-state index in [1.807, 2.05) is 18.7 Å². The molecule has 0 spiro atoms. The molecule has 1 atom stereocenters. The van der Waals surface area contributed by atoms with E-state index in [9.17, 15) is 9.90 Å². The quantitative estimate of drug-likeness (QED) is 0.920. The molecule has 0 aliphatic carbocycles. The first kappa shape index (κ1) is 13.9. The number of thioether (sulfide) groups is 1. The third-order valence-corrected chi connectivity index (χ3v) is 5.93. The molecule has 1 saturated heterocycles. The first-order valence-electron chi connectivity index (χ1n) is 6.08. The first-order chi connectivity index (χ1) is 8.50. The zero-order valence-electron chi connectivity index (χ0n) is 10.6. The lowest BCUT2D eigenvalue weighted by Gasteiger charge is -2.23. The largest absolute Gasteiger partial charge is 0.480 e. The smallest absolute Gasteiger partial charge is 0.320 e. The minimum absolute atomic E-state index is 0.539. The van der Waals surface area contributed by atoms with Gasteiger partial charge in [0.1, 0.15) is 4.75 Å². The maximum Gasteiger partial charge on any atom is 0.320 e. The fourth-order valence-electron chi connectivity index (χ4n) is 2.36. The highest BCUT2D eigenvalue weighted by Crippen LogP contribution is 2.42. The highest BCUT2D eigenvalue weighted by Gasteiger charge is 2.43. The lowest BCUT2D eigenvalue weighted by Crippen LogP contribution is -2.35. The van der Waals surface area contributed by atoms with Gasteiger partial charge in [-0.2, -0.15) is 5.10 Å². The molecule has 18 heavy (non-hydrogen) atoms. The van der Waals surface area contributed by atoms with Crippen molar-refractivity contribution in [3.05, 3.63) is 15.9 Å². The zero-order valence-corrected chi connectivity index (χ0v) is 13.0. The Bertz CT molecular complexity index is 467. The van der Waals surface area contributed by atoms with Crippen LogP contribution < -0.4 is 0 Å². The third-order valence-electron chi connectivity index (χ3n) is 3.45. The number of hydrogen-bond donors (Lipinski definition) is 1. The van der Waals surface area contributed by atoms with Gasteiger partial charge in [0.2, 0.25) is 0 Å².